The molecule has 2 aromatic rings. The number of furan rings is 1. The number of ether oxygens (including phenoxy) is 1. The molecule has 1 aliphatic heterocycles. The van der Waals surface area contributed by atoms with E-state index >= 15 is 0 Å². The number of amides is 4. The van der Waals surface area contributed by atoms with E-state index in [-0.39, 0.29) is 18.0 Å². The number of nitrogens with zero attached hydrogens (tertiary/aromatic N) is 1. The monoisotopic (exact) mass is 382 g/mol. The first kappa shape index (κ1) is 19.4. The van der Waals surface area contributed by atoms with E-state index in [9.17, 15) is 14.4 Å². The molecule has 1 fully saturated rings. The van der Waals surface area contributed by atoms with Crippen LogP contribution in [0.15, 0.2) is 40.5 Å². The van der Waals surface area contributed by atoms with Gasteiger partial charge in [0.1, 0.15) is 17.1 Å². The van der Waals surface area contributed by atoms with E-state index in [1.54, 1.807) is 19.2 Å². The van der Waals surface area contributed by atoms with Crippen LogP contribution in [0.4, 0.5) is 4.79 Å². The molecule has 146 valence electrons. The Morgan fingerprint density at radius 1 is 1.25 bits per heavy atom. The number of aryl methyl sites for hydroxylation is 1. The van der Waals surface area contributed by atoms with Crippen LogP contribution in [0.1, 0.15) is 42.2 Å². The van der Waals surface area contributed by atoms with Crippen molar-refractivity contribution in [1.82, 2.24) is 10.2 Å². The normalized spacial score (nSPS) is 16.1. The molecule has 2 heterocycles. The van der Waals surface area contributed by atoms with E-state index in [0.717, 1.165) is 27.3 Å². The van der Waals surface area contributed by atoms with Gasteiger partial charge in [-0.15, -0.1) is 0 Å². The van der Waals surface area contributed by atoms with Gasteiger partial charge < -0.3 is 9.15 Å². The summed E-state index contributed by atoms with van der Waals surface area (Å²) in [5, 5.41) is 2.21. The predicted octanol–water partition coefficient (Wildman–Crippen LogP) is 3.38. The highest BCUT2D eigenvalue weighted by Crippen LogP contribution is 2.31. The zero-order chi connectivity index (χ0) is 20.4. The molecule has 1 aromatic heterocycles. The van der Waals surface area contributed by atoms with Crippen molar-refractivity contribution in [2.45, 2.75) is 33.2 Å². The molecule has 7 nitrogen and oxygen atoms in total. The fourth-order valence-electron chi connectivity index (χ4n) is 3.05. The van der Waals surface area contributed by atoms with Crippen LogP contribution < -0.4 is 10.1 Å². The molecule has 0 atom stereocenters. The summed E-state index contributed by atoms with van der Waals surface area (Å²) in [7, 11) is 1.61. The SMILES string of the molecule is COc1cc(C)c(/C=C2/C(=O)NC(=O)N(Cc3ccco3)C2=O)cc1C(C)C. The Labute approximate surface area is 163 Å². The van der Waals surface area contributed by atoms with Gasteiger partial charge in [0.25, 0.3) is 11.8 Å². The van der Waals surface area contributed by atoms with Crippen LogP contribution in [0.5, 0.6) is 5.75 Å². The molecule has 0 spiro atoms. The number of carbonyl (C=O) groups is 3. The first-order chi connectivity index (χ1) is 13.3. The van der Waals surface area contributed by atoms with Gasteiger partial charge in [-0.2, -0.15) is 0 Å². The summed E-state index contributed by atoms with van der Waals surface area (Å²) in [6.07, 6.45) is 2.97. The average molecular weight is 382 g/mol. The van der Waals surface area contributed by atoms with Crippen molar-refractivity contribution >= 4 is 23.9 Å². The predicted molar refractivity (Wildman–Crippen MR) is 103 cm³/mol. The third kappa shape index (κ3) is 3.69. The minimum Gasteiger partial charge on any atom is -0.496 e. The van der Waals surface area contributed by atoms with Gasteiger partial charge in [-0.1, -0.05) is 13.8 Å². The van der Waals surface area contributed by atoms with Gasteiger partial charge in [0.15, 0.2) is 0 Å². The molecule has 4 amide bonds. The third-order valence-corrected chi connectivity index (χ3v) is 4.62. The van der Waals surface area contributed by atoms with E-state index < -0.39 is 17.8 Å². The van der Waals surface area contributed by atoms with Gasteiger partial charge in [0.2, 0.25) is 0 Å². The Bertz CT molecular complexity index is 957. The van der Waals surface area contributed by atoms with E-state index in [1.165, 1.54) is 12.3 Å². The average Bonchev–Trinajstić information content (AvgIpc) is 3.16. The molecule has 0 radical (unpaired) electrons. The molecule has 0 aliphatic carbocycles. The Morgan fingerprint density at radius 2 is 2.00 bits per heavy atom. The van der Waals surface area contributed by atoms with E-state index in [1.807, 2.05) is 32.9 Å². The molecular formula is C21H22N2O5. The van der Waals surface area contributed by atoms with Crippen molar-refractivity contribution < 1.29 is 23.5 Å². The number of nitrogens with one attached hydrogen (secondary N) is 1. The zero-order valence-electron chi connectivity index (χ0n) is 16.2. The van der Waals surface area contributed by atoms with E-state index in [2.05, 4.69) is 5.32 Å². The van der Waals surface area contributed by atoms with Gasteiger partial charge in [0.05, 0.1) is 19.9 Å². The summed E-state index contributed by atoms with van der Waals surface area (Å²) in [6, 6.07) is 6.33. The molecular weight excluding hydrogens is 360 g/mol. The number of hydrogen-bond donors (Lipinski definition) is 1. The third-order valence-electron chi connectivity index (χ3n) is 4.62. The number of methoxy groups -OCH3 is 1. The quantitative estimate of drug-likeness (QED) is 0.633. The van der Waals surface area contributed by atoms with Crippen LogP contribution >= 0.6 is 0 Å². The molecule has 1 saturated heterocycles. The number of benzene rings is 1. The number of imide groups is 2. The highest BCUT2D eigenvalue weighted by molar-refractivity contribution is 6.31. The number of barbiturate groups is 1. The fourth-order valence-corrected chi connectivity index (χ4v) is 3.05. The molecule has 1 aliphatic rings. The van der Waals surface area contributed by atoms with Crippen molar-refractivity contribution in [3.63, 3.8) is 0 Å². The number of hydrogen-bond acceptors (Lipinski definition) is 5. The van der Waals surface area contributed by atoms with Crippen molar-refractivity contribution in [1.29, 1.82) is 0 Å². The summed E-state index contributed by atoms with van der Waals surface area (Å²) in [4.78, 5) is 38.2. The summed E-state index contributed by atoms with van der Waals surface area (Å²) in [6.45, 7) is 5.88. The summed E-state index contributed by atoms with van der Waals surface area (Å²) >= 11 is 0. The Morgan fingerprint density at radius 3 is 2.61 bits per heavy atom. The summed E-state index contributed by atoms with van der Waals surface area (Å²) < 4.78 is 10.6. The molecule has 3 rings (SSSR count). The highest BCUT2D eigenvalue weighted by Gasteiger charge is 2.36. The summed E-state index contributed by atoms with van der Waals surface area (Å²) in [5.41, 5.74) is 2.43. The van der Waals surface area contributed by atoms with Gasteiger partial charge in [-0.3, -0.25) is 19.8 Å². The first-order valence-electron chi connectivity index (χ1n) is 8.91. The van der Waals surface area contributed by atoms with Crippen LogP contribution in [0.2, 0.25) is 0 Å². The van der Waals surface area contributed by atoms with Crippen LogP contribution in [0, 0.1) is 6.92 Å². The van der Waals surface area contributed by atoms with E-state index in [0.29, 0.717) is 5.76 Å². The largest absolute Gasteiger partial charge is 0.496 e. The van der Waals surface area contributed by atoms with Crippen molar-refractivity contribution in [3.05, 3.63) is 58.6 Å². The lowest BCUT2D eigenvalue weighted by atomic mass is 9.95. The maximum Gasteiger partial charge on any atom is 0.331 e. The Hall–Kier alpha value is -3.35. The smallest absolute Gasteiger partial charge is 0.331 e. The van der Waals surface area contributed by atoms with Crippen molar-refractivity contribution in [2.75, 3.05) is 7.11 Å². The molecule has 7 heteroatoms. The number of rotatable bonds is 5. The topological polar surface area (TPSA) is 88.8 Å². The zero-order valence-corrected chi connectivity index (χ0v) is 16.2. The second kappa shape index (κ2) is 7.72. The van der Waals surface area contributed by atoms with Crippen LogP contribution in [-0.4, -0.2) is 29.9 Å². The lowest BCUT2D eigenvalue weighted by Gasteiger charge is -2.25. The van der Waals surface area contributed by atoms with Gasteiger partial charge in [0, 0.05) is 0 Å². The highest BCUT2D eigenvalue weighted by atomic mass is 16.5. The second-order valence-corrected chi connectivity index (χ2v) is 6.89. The second-order valence-electron chi connectivity index (χ2n) is 6.89. The van der Waals surface area contributed by atoms with Gasteiger partial charge in [-0.05, 0) is 59.9 Å². The first-order valence-corrected chi connectivity index (χ1v) is 8.91. The van der Waals surface area contributed by atoms with Crippen LogP contribution in [0.25, 0.3) is 6.08 Å². The maximum atomic E-state index is 12.8. The minimum atomic E-state index is -0.766. The van der Waals surface area contributed by atoms with E-state index in [4.69, 9.17) is 9.15 Å². The number of urea groups is 1. The molecule has 1 aromatic carbocycles. The van der Waals surface area contributed by atoms with Crippen LogP contribution in [0.3, 0.4) is 0 Å². The minimum absolute atomic E-state index is 0.0544. The maximum absolute atomic E-state index is 12.8. The molecule has 28 heavy (non-hydrogen) atoms. The Kier molecular flexibility index (Phi) is 5.35. The lowest BCUT2D eigenvalue weighted by Crippen LogP contribution is -2.53. The Balaban J connectivity index is 2.00. The van der Waals surface area contributed by atoms with Gasteiger partial charge in [-0.25, -0.2) is 4.79 Å². The molecule has 0 bridgehead atoms. The molecule has 0 unspecified atom stereocenters. The number of carbonyl (C=O) groups excluding carboxylic acids is 3. The fraction of sp³-hybridized carbons (Fsp3) is 0.286. The standard InChI is InChI=1S/C21H22N2O5/c1-12(2)16-9-14(13(3)8-18(16)27-4)10-17-19(24)22-21(26)23(20(17)25)11-15-6-5-7-28-15/h5-10,12H,11H2,1-4H3,(H,22,24,26)/b17-10-. The van der Waals surface area contributed by atoms with Crippen molar-refractivity contribution in [3.8, 4) is 5.75 Å². The molecule has 1 N–H and O–H groups in total. The van der Waals surface area contributed by atoms with Crippen LogP contribution in [-0.2, 0) is 16.1 Å². The van der Waals surface area contributed by atoms with Gasteiger partial charge >= 0.3 is 6.03 Å². The van der Waals surface area contributed by atoms with Crippen molar-refractivity contribution in [2.24, 2.45) is 0 Å². The molecule has 0 saturated carbocycles. The lowest BCUT2D eigenvalue weighted by molar-refractivity contribution is -0.130. The summed E-state index contributed by atoms with van der Waals surface area (Å²) in [5.74, 6) is 0.0164.